The van der Waals surface area contributed by atoms with Gasteiger partial charge < -0.3 is 5.73 Å². The van der Waals surface area contributed by atoms with E-state index >= 15 is 0 Å². The second-order valence-corrected chi connectivity index (χ2v) is 4.91. The van der Waals surface area contributed by atoms with Crippen LogP contribution in [-0.4, -0.2) is 0 Å². The standard InChI is InChI=1S/C10H16ClNS/c1-2-3-4-5-9-6-8(7-12)10(11)13-9/h6H,2-5,7,12H2,1H3. The number of aryl methyl sites for hydroxylation is 1. The Bertz CT molecular complexity index is 257. The van der Waals surface area contributed by atoms with Crippen LogP contribution in [0.25, 0.3) is 0 Å². The van der Waals surface area contributed by atoms with Crippen LogP contribution in [0.3, 0.4) is 0 Å². The van der Waals surface area contributed by atoms with Crippen LogP contribution >= 0.6 is 22.9 Å². The van der Waals surface area contributed by atoms with Gasteiger partial charge in [0, 0.05) is 11.4 Å². The first-order valence-corrected chi connectivity index (χ1v) is 5.94. The first kappa shape index (κ1) is 11.0. The molecule has 74 valence electrons. The molecule has 0 saturated carbocycles. The molecule has 13 heavy (non-hydrogen) atoms. The van der Waals surface area contributed by atoms with Crippen molar-refractivity contribution in [2.24, 2.45) is 5.73 Å². The molecule has 1 aromatic heterocycles. The third-order valence-corrected chi connectivity index (χ3v) is 3.55. The van der Waals surface area contributed by atoms with Gasteiger partial charge in [0.15, 0.2) is 0 Å². The summed E-state index contributed by atoms with van der Waals surface area (Å²) in [5, 5.41) is 0. The van der Waals surface area contributed by atoms with Crippen molar-refractivity contribution in [3.05, 3.63) is 20.8 Å². The summed E-state index contributed by atoms with van der Waals surface area (Å²) in [6.45, 7) is 2.77. The SMILES string of the molecule is CCCCCc1cc(CN)c(Cl)s1. The lowest BCUT2D eigenvalue weighted by atomic mass is 10.2. The van der Waals surface area contributed by atoms with E-state index in [-0.39, 0.29) is 0 Å². The van der Waals surface area contributed by atoms with Crippen molar-refractivity contribution >= 4 is 22.9 Å². The number of hydrogen-bond donors (Lipinski definition) is 1. The first-order valence-electron chi connectivity index (χ1n) is 4.75. The topological polar surface area (TPSA) is 26.0 Å². The fourth-order valence-electron chi connectivity index (χ4n) is 1.27. The van der Waals surface area contributed by atoms with E-state index in [1.165, 1.54) is 24.1 Å². The molecular formula is C10H16ClNS. The quantitative estimate of drug-likeness (QED) is 0.750. The Kier molecular flexibility index (Phi) is 4.78. The average Bonchev–Trinajstić information content (AvgIpc) is 2.47. The van der Waals surface area contributed by atoms with Crippen molar-refractivity contribution in [3.8, 4) is 0 Å². The van der Waals surface area contributed by atoms with E-state index in [9.17, 15) is 0 Å². The Morgan fingerprint density at radius 3 is 2.77 bits per heavy atom. The van der Waals surface area contributed by atoms with Crippen LogP contribution in [0, 0.1) is 0 Å². The zero-order chi connectivity index (χ0) is 9.68. The van der Waals surface area contributed by atoms with Crippen molar-refractivity contribution in [2.75, 3.05) is 0 Å². The van der Waals surface area contributed by atoms with E-state index < -0.39 is 0 Å². The van der Waals surface area contributed by atoms with Gasteiger partial charge in [0.2, 0.25) is 0 Å². The summed E-state index contributed by atoms with van der Waals surface area (Å²) in [5.41, 5.74) is 6.64. The van der Waals surface area contributed by atoms with E-state index in [1.54, 1.807) is 11.3 Å². The highest BCUT2D eigenvalue weighted by Gasteiger charge is 2.04. The maximum Gasteiger partial charge on any atom is 0.0976 e. The molecule has 0 amide bonds. The lowest BCUT2D eigenvalue weighted by Gasteiger charge is -1.94. The molecule has 0 saturated heterocycles. The Morgan fingerprint density at radius 2 is 2.23 bits per heavy atom. The third-order valence-electron chi connectivity index (χ3n) is 2.06. The van der Waals surface area contributed by atoms with Gasteiger partial charge in [0.1, 0.15) is 0 Å². The predicted octanol–water partition coefficient (Wildman–Crippen LogP) is 3.59. The number of halogens is 1. The molecule has 0 aliphatic carbocycles. The van der Waals surface area contributed by atoms with Gasteiger partial charge >= 0.3 is 0 Å². The van der Waals surface area contributed by atoms with Crippen LogP contribution in [0.4, 0.5) is 0 Å². The normalized spacial score (nSPS) is 10.7. The Labute approximate surface area is 88.9 Å². The molecule has 1 rings (SSSR count). The molecule has 0 aromatic carbocycles. The molecule has 0 unspecified atom stereocenters. The smallest absolute Gasteiger partial charge is 0.0976 e. The summed E-state index contributed by atoms with van der Waals surface area (Å²) in [6.07, 6.45) is 4.98. The average molecular weight is 218 g/mol. The molecular weight excluding hydrogens is 202 g/mol. The highest BCUT2D eigenvalue weighted by Crippen LogP contribution is 2.28. The van der Waals surface area contributed by atoms with Gasteiger partial charge in [-0.25, -0.2) is 0 Å². The third kappa shape index (κ3) is 3.29. The van der Waals surface area contributed by atoms with Crippen LogP contribution in [0.2, 0.25) is 4.34 Å². The molecule has 0 radical (unpaired) electrons. The van der Waals surface area contributed by atoms with Crippen molar-refractivity contribution in [1.29, 1.82) is 0 Å². The summed E-state index contributed by atoms with van der Waals surface area (Å²) >= 11 is 7.67. The van der Waals surface area contributed by atoms with Crippen molar-refractivity contribution in [1.82, 2.24) is 0 Å². The Morgan fingerprint density at radius 1 is 1.46 bits per heavy atom. The Hall–Kier alpha value is -0.0500. The minimum atomic E-state index is 0.559. The molecule has 1 aromatic rings. The van der Waals surface area contributed by atoms with E-state index in [0.29, 0.717) is 6.54 Å². The molecule has 3 heteroatoms. The van der Waals surface area contributed by atoms with Gasteiger partial charge in [-0.3, -0.25) is 0 Å². The first-order chi connectivity index (χ1) is 6.27. The lowest BCUT2D eigenvalue weighted by Crippen LogP contribution is -1.93. The molecule has 0 atom stereocenters. The van der Waals surface area contributed by atoms with E-state index in [4.69, 9.17) is 17.3 Å². The van der Waals surface area contributed by atoms with Crippen LogP contribution in [0.1, 0.15) is 36.6 Å². The van der Waals surface area contributed by atoms with E-state index in [1.807, 2.05) is 0 Å². The monoisotopic (exact) mass is 217 g/mol. The molecule has 0 aliphatic rings. The van der Waals surface area contributed by atoms with Gasteiger partial charge in [0.25, 0.3) is 0 Å². The second kappa shape index (κ2) is 5.63. The summed E-state index contributed by atoms with van der Waals surface area (Å²) < 4.78 is 0.869. The highest BCUT2D eigenvalue weighted by molar-refractivity contribution is 7.16. The van der Waals surface area contributed by atoms with Crippen molar-refractivity contribution in [3.63, 3.8) is 0 Å². The van der Waals surface area contributed by atoms with Gasteiger partial charge in [-0.05, 0) is 24.5 Å². The number of hydrogen-bond acceptors (Lipinski definition) is 2. The fraction of sp³-hybridized carbons (Fsp3) is 0.600. The van der Waals surface area contributed by atoms with Crippen LogP contribution in [0.15, 0.2) is 6.07 Å². The lowest BCUT2D eigenvalue weighted by molar-refractivity contribution is 0.722. The largest absolute Gasteiger partial charge is 0.326 e. The van der Waals surface area contributed by atoms with Crippen molar-refractivity contribution < 1.29 is 0 Å². The second-order valence-electron chi connectivity index (χ2n) is 3.17. The summed E-state index contributed by atoms with van der Waals surface area (Å²) in [4.78, 5) is 1.37. The maximum absolute atomic E-state index is 6.00. The number of unbranched alkanes of at least 4 members (excludes halogenated alkanes) is 2. The zero-order valence-corrected chi connectivity index (χ0v) is 9.55. The van der Waals surface area contributed by atoms with Gasteiger partial charge in [0.05, 0.1) is 4.34 Å². The van der Waals surface area contributed by atoms with E-state index in [2.05, 4.69) is 13.0 Å². The van der Waals surface area contributed by atoms with Crippen LogP contribution < -0.4 is 5.73 Å². The van der Waals surface area contributed by atoms with Crippen LogP contribution in [-0.2, 0) is 13.0 Å². The number of rotatable bonds is 5. The maximum atomic E-state index is 6.00. The molecule has 1 heterocycles. The van der Waals surface area contributed by atoms with E-state index in [0.717, 1.165) is 16.3 Å². The Balaban J connectivity index is 2.48. The minimum absolute atomic E-state index is 0.559. The number of thiophene rings is 1. The highest BCUT2D eigenvalue weighted by atomic mass is 35.5. The fourth-order valence-corrected chi connectivity index (χ4v) is 2.65. The predicted molar refractivity (Wildman–Crippen MR) is 60.4 cm³/mol. The van der Waals surface area contributed by atoms with Gasteiger partial charge in [-0.1, -0.05) is 31.4 Å². The van der Waals surface area contributed by atoms with Crippen LogP contribution in [0.5, 0.6) is 0 Å². The molecule has 0 bridgehead atoms. The van der Waals surface area contributed by atoms with Gasteiger partial charge in [-0.2, -0.15) is 0 Å². The summed E-state index contributed by atoms with van der Waals surface area (Å²) in [5.74, 6) is 0. The minimum Gasteiger partial charge on any atom is -0.326 e. The molecule has 2 N–H and O–H groups in total. The summed E-state index contributed by atoms with van der Waals surface area (Å²) in [6, 6.07) is 2.14. The molecule has 0 spiro atoms. The molecule has 1 nitrogen and oxygen atoms in total. The number of nitrogens with two attached hydrogens (primary N) is 1. The zero-order valence-electron chi connectivity index (χ0n) is 7.98. The van der Waals surface area contributed by atoms with Gasteiger partial charge in [-0.15, -0.1) is 11.3 Å². The summed E-state index contributed by atoms with van der Waals surface area (Å²) in [7, 11) is 0. The van der Waals surface area contributed by atoms with Crippen molar-refractivity contribution in [2.45, 2.75) is 39.2 Å². The molecule has 0 fully saturated rings. The molecule has 0 aliphatic heterocycles.